The zero-order valence-electron chi connectivity index (χ0n) is 24.3. The fraction of sp³-hybridized carbons (Fsp3) is 0.189. The first-order valence-electron chi connectivity index (χ1n) is 13.9. The molecule has 3 nitrogen and oxygen atoms in total. The van der Waals surface area contributed by atoms with Gasteiger partial charge in [-0.1, -0.05) is 77.9 Å². The minimum atomic E-state index is -0.491. The highest BCUT2D eigenvalue weighted by molar-refractivity contribution is 5.89. The quantitative estimate of drug-likeness (QED) is 0.224. The first kappa shape index (κ1) is 25.8. The maximum absolute atomic E-state index is 2.43. The summed E-state index contributed by atoms with van der Waals surface area (Å²) in [6.07, 6.45) is 0. The molecule has 0 radical (unpaired) electrons. The molecule has 1 aliphatic heterocycles. The molecule has 5 aromatic carbocycles. The normalized spacial score (nSPS) is 13.4. The number of hydrogen-bond donors (Lipinski definition) is 0. The molecule has 0 fully saturated rings. The predicted molar refractivity (Wildman–Crippen MR) is 171 cm³/mol. The first-order chi connectivity index (χ1) is 19.3. The molecule has 0 N–H and O–H groups in total. The molecule has 6 rings (SSSR count). The molecule has 0 unspecified atom stereocenters. The topological polar surface area (TPSA) is 9.72 Å². The van der Waals surface area contributed by atoms with Crippen molar-refractivity contribution in [1.82, 2.24) is 0 Å². The minimum absolute atomic E-state index is 0.491. The maximum atomic E-state index is 2.43. The number of para-hydroxylation sites is 1. The van der Waals surface area contributed by atoms with Crippen LogP contribution in [-0.2, 0) is 5.41 Å². The van der Waals surface area contributed by atoms with E-state index in [1.54, 1.807) is 0 Å². The van der Waals surface area contributed by atoms with E-state index in [9.17, 15) is 0 Å². The summed E-state index contributed by atoms with van der Waals surface area (Å²) in [4.78, 5) is 6.76. The lowest BCUT2D eigenvalue weighted by molar-refractivity contribution is 0.730. The molecule has 3 heteroatoms. The standard InChI is InChI=1S/C37H37N3/c1-26-11-18-32(19-12-26)40-35-10-8-7-9-33(35)37(34-25-27(2)13-24-36(34)40,28-14-20-30(21-15-28)38(3)4)29-16-22-31(23-17-29)39(5)6/h7-25H,1-6H3. The Hall–Kier alpha value is -4.50. The van der Waals surface area contributed by atoms with Crippen molar-refractivity contribution in [2.24, 2.45) is 0 Å². The van der Waals surface area contributed by atoms with E-state index >= 15 is 0 Å². The zero-order valence-corrected chi connectivity index (χ0v) is 24.3. The van der Waals surface area contributed by atoms with E-state index in [0.29, 0.717) is 0 Å². The van der Waals surface area contributed by atoms with Crippen molar-refractivity contribution in [3.63, 3.8) is 0 Å². The second kappa shape index (κ2) is 9.91. The number of nitrogens with zero attached hydrogens (tertiary/aromatic N) is 3. The summed E-state index contributed by atoms with van der Waals surface area (Å²) < 4.78 is 0. The van der Waals surface area contributed by atoms with Gasteiger partial charge in [-0.2, -0.15) is 0 Å². The third kappa shape index (κ3) is 4.05. The van der Waals surface area contributed by atoms with Crippen LogP contribution >= 0.6 is 0 Å². The lowest BCUT2D eigenvalue weighted by atomic mass is 9.62. The van der Waals surface area contributed by atoms with Crippen LogP contribution in [0.15, 0.2) is 115 Å². The molecule has 1 aliphatic rings. The number of rotatable bonds is 5. The van der Waals surface area contributed by atoms with Gasteiger partial charge in [-0.3, -0.25) is 0 Å². The molecule has 40 heavy (non-hydrogen) atoms. The highest BCUT2D eigenvalue weighted by Crippen LogP contribution is 2.58. The van der Waals surface area contributed by atoms with Crippen molar-refractivity contribution in [3.8, 4) is 0 Å². The number of anilines is 5. The van der Waals surface area contributed by atoms with Crippen LogP contribution in [0.3, 0.4) is 0 Å². The third-order valence-electron chi connectivity index (χ3n) is 8.27. The van der Waals surface area contributed by atoms with Crippen LogP contribution in [0, 0.1) is 13.8 Å². The Morgan fingerprint density at radius 3 is 1.55 bits per heavy atom. The van der Waals surface area contributed by atoms with Crippen molar-refractivity contribution in [3.05, 3.63) is 149 Å². The van der Waals surface area contributed by atoms with Gasteiger partial charge >= 0.3 is 0 Å². The van der Waals surface area contributed by atoms with E-state index < -0.39 is 5.41 Å². The second-order valence-electron chi connectivity index (χ2n) is 11.3. The summed E-state index contributed by atoms with van der Waals surface area (Å²) in [5, 5.41) is 0. The fourth-order valence-electron chi connectivity index (χ4n) is 6.19. The molecule has 0 bridgehead atoms. The van der Waals surface area contributed by atoms with Gasteiger partial charge in [0.1, 0.15) is 0 Å². The van der Waals surface area contributed by atoms with E-state index in [0.717, 1.165) is 0 Å². The van der Waals surface area contributed by atoms with Crippen LogP contribution < -0.4 is 14.7 Å². The second-order valence-corrected chi connectivity index (χ2v) is 11.3. The Kier molecular flexibility index (Phi) is 6.38. The first-order valence-corrected chi connectivity index (χ1v) is 13.9. The van der Waals surface area contributed by atoms with Crippen molar-refractivity contribution in [1.29, 1.82) is 0 Å². The average molecular weight is 524 g/mol. The zero-order chi connectivity index (χ0) is 28.0. The van der Waals surface area contributed by atoms with E-state index in [1.807, 2.05) is 0 Å². The van der Waals surface area contributed by atoms with Gasteiger partial charge in [0, 0.05) is 45.3 Å². The van der Waals surface area contributed by atoms with Crippen molar-refractivity contribution >= 4 is 28.4 Å². The number of fused-ring (bicyclic) bond motifs is 2. The molecule has 0 aliphatic carbocycles. The number of aryl methyl sites for hydroxylation is 2. The van der Waals surface area contributed by atoms with Gasteiger partial charge in [-0.15, -0.1) is 0 Å². The van der Waals surface area contributed by atoms with E-state index in [1.165, 1.54) is 61.8 Å². The van der Waals surface area contributed by atoms with Gasteiger partial charge in [0.2, 0.25) is 0 Å². The summed E-state index contributed by atoms with van der Waals surface area (Å²) in [5.74, 6) is 0. The third-order valence-corrected chi connectivity index (χ3v) is 8.27. The molecule has 0 atom stereocenters. The van der Waals surface area contributed by atoms with Crippen LogP contribution in [0.1, 0.15) is 33.4 Å². The molecule has 200 valence electrons. The van der Waals surface area contributed by atoms with Gasteiger partial charge < -0.3 is 14.7 Å². The summed E-state index contributed by atoms with van der Waals surface area (Å²) in [7, 11) is 8.38. The molecular formula is C37H37N3. The number of hydrogen-bond acceptors (Lipinski definition) is 3. The van der Waals surface area contributed by atoms with Gasteiger partial charge in [0.05, 0.1) is 16.8 Å². The summed E-state index contributed by atoms with van der Waals surface area (Å²) in [5.41, 5.74) is 13.1. The molecule has 0 amide bonds. The molecule has 0 saturated carbocycles. The van der Waals surface area contributed by atoms with E-state index in [4.69, 9.17) is 0 Å². The largest absolute Gasteiger partial charge is 0.378 e. The Labute approximate surface area is 238 Å². The molecule has 0 aromatic heterocycles. The smallest absolute Gasteiger partial charge is 0.0742 e. The lowest BCUT2D eigenvalue weighted by Gasteiger charge is -2.46. The highest BCUT2D eigenvalue weighted by Gasteiger charge is 2.46. The van der Waals surface area contributed by atoms with Crippen LogP contribution in [0.25, 0.3) is 0 Å². The van der Waals surface area contributed by atoms with Gasteiger partial charge in [-0.05, 0) is 84.6 Å². The monoisotopic (exact) mass is 523 g/mol. The van der Waals surface area contributed by atoms with Crippen molar-refractivity contribution in [2.45, 2.75) is 19.3 Å². The lowest BCUT2D eigenvalue weighted by Crippen LogP contribution is -2.38. The molecular weight excluding hydrogens is 486 g/mol. The summed E-state index contributed by atoms with van der Waals surface area (Å²) >= 11 is 0. The highest BCUT2D eigenvalue weighted by atomic mass is 15.2. The van der Waals surface area contributed by atoms with Gasteiger partial charge in [0.15, 0.2) is 0 Å². The van der Waals surface area contributed by atoms with Crippen LogP contribution in [0.5, 0.6) is 0 Å². The van der Waals surface area contributed by atoms with Crippen LogP contribution in [-0.4, -0.2) is 28.2 Å². The molecule has 0 spiro atoms. The van der Waals surface area contributed by atoms with E-state index in [-0.39, 0.29) is 0 Å². The Balaban J connectivity index is 1.73. The van der Waals surface area contributed by atoms with Gasteiger partial charge in [-0.25, -0.2) is 0 Å². The Morgan fingerprint density at radius 2 is 1.00 bits per heavy atom. The summed E-state index contributed by atoms with van der Waals surface area (Å²) in [6, 6.07) is 43.0. The maximum Gasteiger partial charge on any atom is 0.0742 e. The average Bonchev–Trinajstić information content (AvgIpc) is 2.97. The Morgan fingerprint density at radius 1 is 0.500 bits per heavy atom. The Bertz CT molecular complexity index is 1590. The van der Waals surface area contributed by atoms with Crippen LogP contribution in [0.4, 0.5) is 28.4 Å². The van der Waals surface area contributed by atoms with Crippen LogP contribution in [0.2, 0.25) is 0 Å². The van der Waals surface area contributed by atoms with Gasteiger partial charge in [0.25, 0.3) is 0 Å². The SMILES string of the molecule is Cc1ccc(N2c3ccccc3C(c3ccc(N(C)C)cc3)(c3ccc(N(C)C)cc3)c3cc(C)ccc32)cc1. The van der Waals surface area contributed by atoms with E-state index in [2.05, 4.69) is 172 Å². The predicted octanol–water partition coefficient (Wildman–Crippen LogP) is 8.60. The fourth-order valence-corrected chi connectivity index (χ4v) is 6.19. The van der Waals surface area contributed by atoms with Crippen molar-refractivity contribution < 1.29 is 0 Å². The molecule has 1 heterocycles. The molecule has 0 saturated heterocycles. The number of benzene rings is 5. The summed E-state index contributed by atoms with van der Waals surface area (Å²) in [6.45, 7) is 4.34. The van der Waals surface area contributed by atoms with Crippen molar-refractivity contribution in [2.75, 3.05) is 42.9 Å². The minimum Gasteiger partial charge on any atom is -0.378 e. The molecule has 5 aromatic rings.